The molecular weight excluding hydrogens is 360 g/mol. The van der Waals surface area contributed by atoms with Gasteiger partial charge in [0.05, 0.1) is 0 Å². The number of amides is 1. The van der Waals surface area contributed by atoms with E-state index in [4.69, 9.17) is 4.74 Å². The van der Waals surface area contributed by atoms with Crippen molar-refractivity contribution in [2.75, 3.05) is 19.6 Å². The van der Waals surface area contributed by atoms with Crippen LogP contribution in [0.25, 0.3) is 0 Å². The number of carbonyl (C=O) groups is 1. The van der Waals surface area contributed by atoms with Gasteiger partial charge in [-0.05, 0) is 62.2 Å². The lowest BCUT2D eigenvalue weighted by molar-refractivity contribution is 0.0642. The average molecular weight is 389 g/mol. The standard InChI is InChI=1S/C22H28N2O2.ClH/c1-2-16-24(20-12-14-23-15-13-20)22(25)19-8-10-21(11-9-19)26-17-18-6-4-3-5-7-18;/h3-11,20,23H,2,12-17H2,1H3;1H. The second-order valence-corrected chi connectivity index (χ2v) is 6.78. The number of hydrogen-bond donors (Lipinski definition) is 1. The predicted octanol–water partition coefficient (Wildman–Crippen LogP) is 4.29. The molecule has 27 heavy (non-hydrogen) atoms. The molecular formula is C22H29ClN2O2. The van der Waals surface area contributed by atoms with Crippen molar-refractivity contribution in [1.82, 2.24) is 10.2 Å². The summed E-state index contributed by atoms with van der Waals surface area (Å²) in [5.74, 6) is 0.919. The van der Waals surface area contributed by atoms with Crippen molar-refractivity contribution in [2.45, 2.75) is 38.8 Å². The van der Waals surface area contributed by atoms with Gasteiger partial charge in [-0.15, -0.1) is 12.4 Å². The van der Waals surface area contributed by atoms with Crippen LogP contribution in [0, 0.1) is 0 Å². The third kappa shape index (κ3) is 5.98. The first kappa shape index (κ1) is 21.3. The smallest absolute Gasteiger partial charge is 0.254 e. The number of carbonyl (C=O) groups excluding carboxylic acids is 1. The molecule has 1 N–H and O–H groups in total. The van der Waals surface area contributed by atoms with E-state index < -0.39 is 0 Å². The van der Waals surface area contributed by atoms with Gasteiger partial charge < -0.3 is 15.0 Å². The van der Waals surface area contributed by atoms with Crippen molar-refractivity contribution in [3.05, 3.63) is 65.7 Å². The number of rotatable bonds is 7. The topological polar surface area (TPSA) is 41.6 Å². The Bertz CT molecular complexity index is 685. The van der Waals surface area contributed by atoms with E-state index in [1.807, 2.05) is 54.6 Å². The van der Waals surface area contributed by atoms with Crippen LogP contribution in [0.2, 0.25) is 0 Å². The molecule has 1 amide bonds. The van der Waals surface area contributed by atoms with E-state index in [1.54, 1.807) is 0 Å². The highest BCUT2D eigenvalue weighted by molar-refractivity contribution is 5.94. The maximum Gasteiger partial charge on any atom is 0.254 e. The van der Waals surface area contributed by atoms with Crippen LogP contribution < -0.4 is 10.1 Å². The van der Waals surface area contributed by atoms with Gasteiger partial charge in [-0.3, -0.25) is 4.79 Å². The molecule has 0 spiro atoms. The lowest BCUT2D eigenvalue weighted by Crippen LogP contribution is -2.46. The minimum absolute atomic E-state index is 0. The third-order valence-electron chi connectivity index (χ3n) is 4.82. The largest absolute Gasteiger partial charge is 0.489 e. The minimum atomic E-state index is 0. The molecule has 0 saturated carbocycles. The number of halogens is 1. The number of nitrogens with one attached hydrogen (secondary N) is 1. The van der Waals surface area contributed by atoms with Crippen LogP contribution in [0.1, 0.15) is 42.1 Å². The monoisotopic (exact) mass is 388 g/mol. The first-order valence-corrected chi connectivity index (χ1v) is 9.56. The number of benzene rings is 2. The summed E-state index contributed by atoms with van der Waals surface area (Å²) >= 11 is 0. The lowest BCUT2D eigenvalue weighted by atomic mass is 10.0. The summed E-state index contributed by atoms with van der Waals surface area (Å²) in [7, 11) is 0. The molecule has 5 heteroatoms. The van der Waals surface area contributed by atoms with Gasteiger partial charge in [0.25, 0.3) is 5.91 Å². The quantitative estimate of drug-likeness (QED) is 0.769. The van der Waals surface area contributed by atoms with E-state index in [9.17, 15) is 4.79 Å². The molecule has 0 aromatic heterocycles. The van der Waals surface area contributed by atoms with Crippen molar-refractivity contribution < 1.29 is 9.53 Å². The molecule has 1 fully saturated rings. The first-order chi connectivity index (χ1) is 12.8. The van der Waals surface area contributed by atoms with Crippen LogP contribution in [-0.2, 0) is 6.61 Å². The van der Waals surface area contributed by atoms with Crippen molar-refractivity contribution in [3.8, 4) is 5.75 Å². The number of nitrogens with zero attached hydrogens (tertiary/aromatic N) is 1. The number of ether oxygens (including phenoxy) is 1. The van der Waals surface area contributed by atoms with Crippen molar-refractivity contribution >= 4 is 18.3 Å². The summed E-state index contributed by atoms with van der Waals surface area (Å²) in [6, 6.07) is 18.0. The van der Waals surface area contributed by atoms with E-state index >= 15 is 0 Å². The van der Waals surface area contributed by atoms with Gasteiger partial charge in [-0.1, -0.05) is 37.3 Å². The maximum absolute atomic E-state index is 13.0. The molecule has 2 aromatic carbocycles. The summed E-state index contributed by atoms with van der Waals surface area (Å²) < 4.78 is 5.82. The van der Waals surface area contributed by atoms with E-state index in [0.29, 0.717) is 12.6 Å². The van der Waals surface area contributed by atoms with Gasteiger partial charge in [-0.2, -0.15) is 0 Å². The summed E-state index contributed by atoms with van der Waals surface area (Å²) in [5.41, 5.74) is 1.87. The molecule has 146 valence electrons. The van der Waals surface area contributed by atoms with Crippen molar-refractivity contribution in [1.29, 1.82) is 0 Å². The zero-order valence-electron chi connectivity index (χ0n) is 15.9. The van der Waals surface area contributed by atoms with Gasteiger partial charge in [-0.25, -0.2) is 0 Å². The molecule has 1 aliphatic rings. The SMILES string of the molecule is CCCN(C(=O)c1ccc(OCc2ccccc2)cc1)C1CCNCC1.Cl. The van der Waals surface area contributed by atoms with E-state index in [-0.39, 0.29) is 18.3 Å². The highest BCUT2D eigenvalue weighted by Gasteiger charge is 2.25. The van der Waals surface area contributed by atoms with Gasteiger partial charge >= 0.3 is 0 Å². The molecule has 0 bridgehead atoms. The summed E-state index contributed by atoms with van der Waals surface area (Å²) in [4.78, 5) is 15.0. The minimum Gasteiger partial charge on any atom is -0.489 e. The van der Waals surface area contributed by atoms with Crippen molar-refractivity contribution in [2.24, 2.45) is 0 Å². The average Bonchev–Trinajstić information content (AvgIpc) is 2.72. The Morgan fingerprint density at radius 1 is 1.07 bits per heavy atom. The molecule has 0 unspecified atom stereocenters. The fourth-order valence-corrected chi connectivity index (χ4v) is 3.41. The Kier molecular flexibility index (Phi) is 8.62. The maximum atomic E-state index is 13.0. The fourth-order valence-electron chi connectivity index (χ4n) is 3.41. The van der Waals surface area contributed by atoms with Crippen LogP contribution in [0.5, 0.6) is 5.75 Å². The molecule has 3 rings (SSSR count). The molecule has 1 heterocycles. The normalized spacial score (nSPS) is 14.3. The Balaban J connectivity index is 0.00000261. The third-order valence-corrected chi connectivity index (χ3v) is 4.82. The molecule has 1 saturated heterocycles. The zero-order valence-corrected chi connectivity index (χ0v) is 16.7. The molecule has 0 atom stereocenters. The summed E-state index contributed by atoms with van der Waals surface area (Å²) in [5, 5.41) is 3.37. The Morgan fingerprint density at radius 2 is 1.74 bits per heavy atom. The number of piperidine rings is 1. The van der Waals surface area contributed by atoms with E-state index in [0.717, 1.165) is 55.8 Å². The fraction of sp³-hybridized carbons (Fsp3) is 0.409. The molecule has 1 aliphatic heterocycles. The van der Waals surface area contributed by atoms with Crippen LogP contribution in [0.15, 0.2) is 54.6 Å². The van der Waals surface area contributed by atoms with E-state index in [1.165, 1.54) is 0 Å². The molecule has 0 aliphatic carbocycles. The summed E-state index contributed by atoms with van der Waals surface area (Å²) in [6.07, 6.45) is 3.04. The molecule has 0 radical (unpaired) electrons. The van der Waals surface area contributed by atoms with Gasteiger partial charge in [0.2, 0.25) is 0 Å². The van der Waals surface area contributed by atoms with Crippen LogP contribution >= 0.6 is 12.4 Å². The first-order valence-electron chi connectivity index (χ1n) is 9.56. The second-order valence-electron chi connectivity index (χ2n) is 6.78. The Labute approximate surface area is 168 Å². The Hall–Kier alpha value is -2.04. The van der Waals surface area contributed by atoms with Gasteiger partial charge in [0, 0.05) is 18.2 Å². The van der Waals surface area contributed by atoms with Crippen LogP contribution in [0.4, 0.5) is 0 Å². The van der Waals surface area contributed by atoms with Crippen LogP contribution in [-0.4, -0.2) is 36.5 Å². The van der Waals surface area contributed by atoms with Crippen molar-refractivity contribution in [3.63, 3.8) is 0 Å². The van der Waals surface area contributed by atoms with Gasteiger partial charge in [0.1, 0.15) is 12.4 Å². The molecule has 2 aromatic rings. The second kappa shape index (κ2) is 11.0. The predicted molar refractivity (Wildman–Crippen MR) is 112 cm³/mol. The van der Waals surface area contributed by atoms with E-state index in [2.05, 4.69) is 17.1 Å². The highest BCUT2D eigenvalue weighted by atomic mass is 35.5. The summed E-state index contributed by atoms with van der Waals surface area (Å²) in [6.45, 7) is 5.46. The lowest BCUT2D eigenvalue weighted by Gasteiger charge is -2.34. The van der Waals surface area contributed by atoms with Crippen LogP contribution in [0.3, 0.4) is 0 Å². The highest BCUT2D eigenvalue weighted by Crippen LogP contribution is 2.19. The number of hydrogen-bond acceptors (Lipinski definition) is 3. The molecule has 4 nitrogen and oxygen atoms in total. The Morgan fingerprint density at radius 3 is 2.37 bits per heavy atom. The van der Waals surface area contributed by atoms with Gasteiger partial charge in [0.15, 0.2) is 0 Å². The zero-order chi connectivity index (χ0) is 18.2.